The lowest BCUT2D eigenvalue weighted by Gasteiger charge is -2.20. The lowest BCUT2D eigenvalue weighted by atomic mass is 10.2. The fourth-order valence-corrected chi connectivity index (χ4v) is 2.79. The third-order valence-corrected chi connectivity index (χ3v) is 3.50. The van der Waals surface area contributed by atoms with Crippen molar-refractivity contribution in [3.8, 4) is 0 Å². The molecule has 0 spiro atoms. The first-order valence-corrected chi connectivity index (χ1v) is 6.08. The van der Waals surface area contributed by atoms with Gasteiger partial charge in [-0.15, -0.1) is 12.4 Å². The Morgan fingerprint density at radius 2 is 1.71 bits per heavy atom. The molecule has 1 aliphatic carbocycles. The summed E-state index contributed by atoms with van der Waals surface area (Å²) >= 11 is 0. The molecule has 1 aliphatic heterocycles. The largest absolute Gasteiger partial charge is 0.401 e. The molecule has 0 aromatic carbocycles. The molecule has 0 radical (unpaired) electrons. The molecule has 0 bridgehead atoms. The molecule has 0 amide bonds. The van der Waals surface area contributed by atoms with E-state index in [4.69, 9.17) is 0 Å². The third kappa shape index (κ3) is 5.02. The van der Waals surface area contributed by atoms with Crippen LogP contribution in [0, 0.1) is 0 Å². The first kappa shape index (κ1) is 15.1. The second kappa shape index (κ2) is 6.25. The monoisotopic (exact) mass is 272 g/mol. The van der Waals surface area contributed by atoms with E-state index in [0.717, 1.165) is 6.42 Å². The molecular weight excluding hydrogens is 253 g/mol. The Morgan fingerprint density at radius 3 is 2.29 bits per heavy atom. The van der Waals surface area contributed by atoms with Crippen molar-refractivity contribution >= 4 is 12.4 Å². The van der Waals surface area contributed by atoms with Crippen LogP contribution < -0.4 is 5.32 Å². The molecule has 0 aromatic rings. The van der Waals surface area contributed by atoms with Gasteiger partial charge < -0.3 is 5.32 Å². The van der Waals surface area contributed by atoms with Crippen molar-refractivity contribution in [2.45, 2.75) is 50.4 Å². The quantitative estimate of drug-likeness (QED) is 0.850. The Kier molecular flexibility index (Phi) is 5.54. The van der Waals surface area contributed by atoms with Gasteiger partial charge in [-0.1, -0.05) is 12.8 Å². The molecule has 1 saturated carbocycles. The van der Waals surface area contributed by atoms with E-state index in [1.54, 1.807) is 0 Å². The average Bonchev–Trinajstić information content (AvgIpc) is 2.75. The molecule has 1 atom stereocenters. The van der Waals surface area contributed by atoms with Crippen LogP contribution in [0.1, 0.15) is 32.1 Å². The van der Waals surface area contributed by atoms with Gasteiger partial charge in [0.05, 0.1) is 6.54 Å². The standard InChI is InChI=1S/C11H19F3N2.ClH/c12-11(13,14)8-16-6-5-10(7-16)15-9-3-1-2-4-9;/h9-10,15H,1-8H2;1H. The van der Waals surface area contributed by atoms with Crippen molar-refractivity contribution in [1.82, 2.24) is 10.2 Å². The Morgan fingerprint density at radius 1 is 1.06 bits per heavy atom. The number of hydrogen-bond acceptors (Lipinski definition) is 2. The van der Waals surface area contributed by atoms with E-state index in [9.17, 15) is 13.2 Å². The summed E-state index contributed by atoms with van der Waals surface area (Å²) in [5.41, 5.74) is 0. The lowest BCUT2D eigenvalue weighted by Crippen LogP contribution is -2.40. The molecular formula is C11H20ClF3N2. The minimum Gasteiger partial charge on any atom is -0.310 e. The molecule has 102 valence electrons. The molecule has 1 N–H and O–H groups in total. The second-order valence-corrected chi connectivity index (χ2v) is 4.98. The summed E-state index contributed by atoms with van der Waals surface area (Å²) in [5, 5.41) is 3.48. The zero-order chi connectivity index (χ0) is 11.6. The van der Waals surface area contributed by atoms with Crippen molar-refractivity contribution in [2.75, 3.05) is 19.6 Å². The SMILES string of the molecule is Cl.FC(F)(F)CN1CCC(NC2CCCC2)C1. The van der Waals surface area contributed by atoms with Crippen molar-refractivity contribution < 1.29 is 13.2 Å². The number of hydrogen-bond donors (Lipinski definition) is 1. The fraction of sp³-hybridized carbons (Fsp3) is 1.00. The van der Waals surface area contributed by atoms with Crippen LogP contribution in [-0.4, -0.2) is 42.8 Å². The minimum absolute atomic E-state index is 0. The molecule has 2 nitrogen and oxygen atoms in total. The average molecular weight is 273 g/mol. The van der Waals surface area contributed by atoms with E-state index in [-0.39, 0.29) is 18.4 Å². The van der Waals surface area contributed by atoms with Gasteiger partial charge in [-0.05, 0) is 19.3 Å². The van der Waals surface area contributed by atoms with E-state index in [1.165, 1.54) is 30.6 Å². The predicted molar refractivity (Wildman–Crippen MR) is 63.5 cm³/mol. The topological polar surface area (TPSA) is 15.3 Å². The number of likely N-dealkylation sites (tertiary alicyclic amines) is 1. The number of halogens is 4. The summed E-state index contributed by atoms with van der Waals surface area (Å²) in [5.74, 6) is 0. The van der Waals surface area contributed by atoms with E-state index in [0.29, 0.717) is 19.1 Å². The van der Waals surface area contributed by atoms with E-state index in [2.05, 4.69) is 5.32 Å². The van der Waals surface area contributed by atoms with Crippen molar-refractivity contribution in [2.24, 2.45) is 0 Å². The molecule has 2 aliphatic rings. The third-order valence-electron chi connectivity index (χ3n) is 3.50. The summed E-state index contributed by atoms with van der Waals surface area (Å²) in [4.78, 5) is 1.51. The van der Waals surface area contributed by atoms with Crippen molar-refractivity contribution in [1.29, 1.82) is 0 Å². The van der Waals surface area contributed by atoms with Gasteiger partial charge in [-0.2, -0.15) is 13.2 Å². The highest BCUT2D eigenvalue weighted by Crippen LogP contribution is 2.22. The molecule has 6 heteroatoms. The van der Waals surface area contributed by atoms with Crippen LogP contribution in [0.25, 0.3) is 0 Å². The van der Waals surface area contributed by atoms with Gasteiger partial charge >= 0.3 is 6.18 Å². The molecule has 0 aromatic heterocycles. The smallest absolute Gasteiger partial charge is 0.310 e. The van der Waals surface area contributed by atoms with E-state index in [1.807, 2.05) is 0 Å². The van der Waals surface area contributed by atoms with Crippen LogP contribution in [0.3, 0.4) is 0 Å². The maximum absolute atomic E-state index is 12.2. The summed E-state index contributed by atoms with van der Waals surface area (Å²) in [6.07, 6.45) is 1.70. The van der Waals surface area contributed by atoms with Gasteiger partial charge in [0.1, 0.15) is 0 Å². The molecule has 1 unspecified atom stereocenters. The van der Waals surface area contributed by atoms with Crippen LogP contribution in [0.15, 0.2) is 0 Å². The summed E-state index contributed by atoms with van der Waals surface area (Å²) < 4.78 is 36.5. The number of nitrogens with zero attached hydrogens (tertiary/aromatic N) is 1. The number of alkyl halides is 3. The van der Waals surface area contributed by atoms with Crippen LogP contribution in [0.5, 0.6) is 0 Å². The Hall–Kier alpha value is -0.0000000000000000416. The van der Waals surface area contributed by atoms with Gasteiger partial charge in [-0.3, -0.25) is 4.90 Å². The Labute approximate surface area is 106 Å². The van der Waals surface area contributed by atoms with Gasteiger partial charge in [0.2, 0.25) is 0 Å². The summed E-state index contributed by atoms with van der Waals surface area (Å²) in [6, 6.07) is 0.821. The number of rotatable bonds is 3. The van der Waals surface area contributed by atoms with Gasteiger partial charge in [-0.25, -0.2) is 0 Å². The highest BCUT2D eigenvalue weighted by Gasteiger charge is 2.34. The van der Waals surface area contributed by atoms with Crippen LogP contribution in [0.4, 0.5) is 13.2 Å². The first-order chi connectivity index (χ1) is 7.53. The molecule has 17 heavy (non-hydrogen) atoms. The van der Waals surface area contributed by atoms with E-state index < -0.39 is 12.7 Å². The van der Waals surface area contributed by atoms with Gasteiger partial charge in [0.25, 0.3) is 0 Å². The highest BCUT2D eigenvalue weighted by molar-refractivity contribution is 5.85. The highest BCUT2D eigenvalue weighted by atomic mass is 35.5. The molecule has 2 fully saturated rings. The Balaban J connectivity index is 0.00000144. The lowest BCUT2D eigenvalue weighted by molar-refractivity contribution is -0.143. The summed E-state index contributed by atoms with van der Waals surface area (Å²) in [7, 11) is 0. The van der Waals surface area contributed by atoms with Crippen LogP contribution in [-0.2, 0) is 0 Å². The second-order valence-electron chi connectivity index (χ2n) is 4.98. The van der Waals surface area contributed by atoms with E-state index >= 15 is 0 Å². The minimum atomic E-state index is -4.05. The van der Waals surface area contributed by atoms with Crippen LogP contribution >= 0.6 is 12.4 Å². The predicted octanol–water partition coefficient (Wildman–Crippen LogP) is 2.58. The Bertz CT molecular complexity index is 229. The zero-order valence-corrected chi connectivity index (χ0v) is 10.6. The van der Waals surface area contributed by atoms with Gasteiger partial charge in [0.15, 0.2) is 0 Å². The normalized spacial score (nSPS) is 27.4. The first-order valence-electron chi connectivity index (χ1n) is 6.08. The van der Waals surface area contributed by atoms with Crippen molar-refractivity contribution in [3.05, 3.63) is 0 Å². The fourth-order valence-electron chi connectivity index (χ4n) is 2.79. The maximum atomic E-state index is 12.2. The van der Waals surface area contributed by atoms with Crippen LogP contribution in [0.2, 0.25) is 0 Å². The van der Waals surface area contributed by atoms with Crippen molar-refractivity contribution in [3.63, 3.8) is 0 Å². The molecule has 2 rings (SSSR count). The summed E-state index contributed by atoms with van der Waals surface area (Å²) in [6.45, 7) is 0.371. The molecule has 1 saturated heterocycles. The van der Waals surface area contributed by atoms with Gasteiger partial charge in [0, 0.05) is 25.2 Å². The molecule has 1 heterocycles. The zero-order valence-electron chi connectivity index (χ0n) is 9.80. The maximum Gasteiger partial charge on any atom is 0.401 e. The number of nitrogens with one attached hydrogen (secondary N) is 1.